The van der Waals surface area contributed by atoms with E-state index >= 15 is 0 Å². The number of pyridine rings is 5. The zero-order valence-electron chi connectivity index (χ0n) is 53.5. The zero-order valence-corrected chi connectivity index (χ0v) is 65.4. The summed E-state index contributed by atoms with van der Waals surface area (Å²) in [5.74, 6) is -3.10. The number of aryl methyl sites for hydroxylation is 1. The SMILES string of the molecule is Cc1ccccc1-c1cc[c-]c(-c2ccccn2)c1.Fc1cc(F)cc(-c2cc[c-]c(-c3ccccn3)c2)c1.Fc1ccc(-c2cc[c-]c(-c3ccccn3)c2)cc1F.Fc1ccccc1-c1cc[c-]c(-c2ccccn2)c1.[Ir].[Ir].[Ir].[Ir].[Ir].[c-]1ccc(-c2ccccc2)cc1-c1ccccn1. The Labute approximate surface area is 653 Å². The Balaban J connectivity index is 0.000000196. The third-order valence-corrected chi connectivity index (χ3v) is 14.9. The van der Waals surface area contributed by atoms with E-state index in [1.165, 1.54) is 52.1 Å². The number of rotatable bonds is 10. The molecule has 15 rings (SSSR count). The van der Waals surface area contributed by atoms with Crippen molar-refractivity contribution in [3.63, 3.8) is 0 Å². The number of benzene rings is 10. The van der Waals surface area contributed by atoms with Gasteiger partial charge in [0, 0.05) is 138 Å². The van der Waals surface area contributed by atoms with E-state index in [1.54, 1.807) is 73.3 Å². The molecule has 5 nitrogen and oxygen atoms in total. The van der Waals surface area contributed by atoms with Crippen molar-refractivity contribution in [3.8, 4) is 112 Å². The molecule has 0 N–H and O–H groups in total. The van der Waals surface area contributed by atoms with Crippen LogP contribution in [0, 0.1) is 66.3 Å². The second kappa shape index (κ2) is 41.6. The quantitative estimate of drug-likeness (QED) is 0.101. The van der Waals surface area contributed by atoms with Crippen LogP contribution in [-0.4, -0.2) is 24.9 Å². The number of hydrogen-bond donors (Lipinski definition) is 0. The van der Waals surface area contributed by atoms with Crippen LogP contribution < -0.4 is 0 Å². The van der Waals surface area contributed by atoms with Gasteiger partial charge in [0.25, 0.3) is 0 Å². The van der Waals surface area contributed by atoms with Crippen LogP contribution in [0.15, 0.2) is 328 Å². The third-order valence-electron chi connectivity index (χ3n) is 14.9. The van der Waals surface area contributed by atoms with Gasteiger partial charge < -0.3 is 24.9 Å². The minimum Gasteiger partial charge on any atom is -0.305 e. The summed E-state index contributed by atoms with van der Waals surface area (Å²) >= 11 is 0. The van der Waals surface area contributed by atoms with Gasteiger partial charge in [-0.25, -0.2) is 22.0 Å². The molecule has 0 atom stereocenters. The molecule has 15 aromatic rings. The second-order valence-corrected chi connectivity index (χ2v) is 21.5. The molecule has 10 aromatic carbocycles. The minimum absolute atomic E-state index is 0. The smallest absolute Gasteiger partial charge is 0.159 e. The van der Waals surface area contributed by atoms with Gasteiger partial charge >= 0.3 is 0 Å². The Morgan fingerprint density at radius 2 is 0.545 bits per heavy atom. The maximum absolute atomic E-state index is 13.8. The third kappa shape index (κ3) is 23.2. The molecule has 15 heteroatoms. The fourth-order valence-electron chi connectivity index (χ4n) is 10.2. The monoisotopic (exact) mass is 2220 g/mol. The first kappa shape index (κ1) is 80.8. The van der Waals surface area contributed by atoms with Gasteiger partial charge in [-0.3, -0.25) is 0 Å². The molecule has 511 valence electrons. The van der Waals surface area contributed by atoms with Crippen molar-refractivity contribution < 1.29 is 122 Å². The van der Waals surface area contributed by atoms with Gasteiger partial charge in [0.15, 0.2) is 11.6 Å². The van der Waals surface area contributed by atoms with Crippen LogP contribution in [0.3, 0.4) is 0 Å². The summed E-state index contributed by atoms with van der Waals surface area (Å²) in [4.78, 5) is 21.5. The molecule has 0 aliphatic carbocycles. The Morgan fingerprint density at radius 1 is 0.228 bits per heavy atom. The van der Waals surface area contributed by atoms with Crippen LogP contribution in [0.25, 0.3) is 112 Å². The van der Waals surface area contributed by atoms with Crippen LogP contribution in [-0.2, 0) is 101 Å². The number of hydrogen-bond acceptors (Lipinski definition) is 5. The van der Waals surface area contributed by atoms with E-state index in [9.17, 15) is 22.0 Å². The zero-order chi connectivity index (χ0) is 66.3. The first-order valence-electron chi connectivity index (χ1n) is 30.5. The van der Waals surface area contributed by atoms with Crippen molar-refractivity contribution in [1.29, 1.82) is 0 Å². The Kier molecular flexibility index (Phi) is 33.3. The summed E-state index contributed by atoms with van der Waals surface area (Å²) in [7, 11) is 0. The van der Waals surface area contributed by atoms with Crippen LogP contribution in [0.4, 0.5) is 22.0 Å². The van der Waals surface area contributed by atoms with Crippen LogP contribution in [0.2, 0.25) is 0 Å². The summed E-state index contributed by atoms with van der Waals surface area (Å²) in [6.07, 6.45) is 8.74. The van der Waals surface area contributed by atoms with E-state index in [0.29, 0.717) is 16.7 Å². The van der Waals surface area contributed by atoms with Gasteiger partial charge in [0.1, 0.15) is 17.5 Å². The van der Waals surface area contributed by atoms with Crippen LogP contribution in [0.5, 0.6) is 0 Å². The molecule has 0 amide bonds. The molecule has 0 bridgehead atoms. The van der Waals surface area contributed by atoms with Gasteiger partial charge in [-0.1, -0.05) is 145 Å². The van der Waals surface area contributed by atoms with Crippen molar-refractivity contribution in [2.45, 2.75) is 6.92 Å². The molecule has 5 aromatic heterocycles. The fraction of sp³-hybridized carbons (Fsp3) is 0.0116. The molecule has 0 aliphatic heterocycles. The maximum Gasteiger partial charge on any atom is 0.159 e. The van der Waals surface area contributed by atoms with Gasteiger partial charge in [-0.2, -0.15) is 0 Å². The molecule has 5 radical (unpaired) electrons. The van der Waals surface area contributed by atoms with E-state index in [1.807, 2.05) is 158 Å². The number of halogens is 5. The average molecular weight is 2220 g/mol. The molecule has 101 heavy (non-hydrogen) atoms. The van der Waals surface area contributed by atoms with Crippen molar-refractivity contribution in [1.82, 2.24) is 24.9 Å². The van der Waals surface area contributed by atoms with E-state index in [0.717, 1.165) is 85.1 Å². The van der Waals surface area contributed by atoms with Crippen LogP contribution >= 0.6 is 0 Å². The summed E-state index contributed by atoms with van der Waals surface area (Å²) in [5.41, 5.74) is 19.0. The predicted octanol–water partition coefficient (Wildman–Crippen LogP) is 22.1. The number of nitrogens with zero attached hydrogens (tertiary/aromatic N) is 5. The van der Waals surface area contributed by atoms with E-state index in [4.69, 9.17) is 0 Å². The van der Waals surface area contributed by atoms with Crippen molar-refractivity contribution in [2.24, 2.45) is 0 Å². The van der Waals surface area contributed by atoms with Crippen molar-refractivity contribution in [3.05, 3.63) is 393 Å². The molecular formula is C86H57F5Ir5N5-5. The van der Waals surface area contributed by atoms with Gasteiger partial charge in [0.2, 0.25) is 0 Å². The fourth-order valence-corrected chi connectivity index (χ4v) is 10.2. The van der Waals surface area contributed by atoms with Crippen molar-refractivity contribution >= 4 is 0 Å². The Morgan fingerprint density at radius 3 is 0.921 bits per heavy atom. The van der Waals surface area contributed by atoms with Crippen molar-refractivity contribution in [2.75, 3.05) is 0 Å². The molecule has 0 unspecified atom stereocenters. The number of aromatic nitrogens is 5. The second-order valence-electron chi connectivity index (χ2n) is 21.5. The topological polar surface area (TPSA) is 64.5 Å². The molecule has 0 aliphatic rings. The average Bonchev–Trinajstić information content (AvgIpc) is 0.852. The molecule has 0 spiro atoms. The van der Waals surface area contributed by atoms with E-state index in [-0.39, 0.29) is 106 Å². The Bertz CT molecular complexity index is 4780. The molecule has 0 saturated carbocycles. The van der Waals surface area contributed by atoms with Crippen LogP contribution in [0.1, 0.15) is 5.56 Å². The van der Waals surface area contributed by atoms with E-state index < -0.39 is 23.3 Å². The van der Waals surface area contributed by atoms with Gasteiger partial charge in [-0.05, 0) is 129 Å². The maximum atomic E-state index is 13.8. The normalized spacial score (nSPS) is 9.88. The first-order chi connectivity index (χ1) is 47.1. The molecule has 5 heterocycles. The molecule has 0 fully saturated rings. The van der Waals surface area contributed by atoms with E-state index in [2.05, 4.69) is 123 Å². The molecule has 0 saturated heterocycles. The largest absolute Gasteiger partial charge is 0.305 e. The summed E-state index contributed by atoms with van der Waals surface area (Å²) in [6, 6.07) is 106. The summed E-state index contributed by atoms with van der Waals surface area (Å²) < 4.78 is 66.6. The minimum atomic E-state index is -0.852. The van der Waals surface area contributed by atoms with Gasteiger partial charge in [0.05, 0.1) is 0 Å². The molecular weight excluding hydrogens is 2160 g/mol. The van der Waals surface area contributed by atoms with Gasteiger partial charge in [-0.15, -0.1) is 171 Å². The first-order valence-corrected chi connectivity index (χ1v) is 30.5. The predicted molar refractivity (Wildman–Crippen MR) is 374 cm³/mol. The standard InChI is InChI=1S/C18H14N.2C17H10F2N.C17H11FN.C17H12N.5Ir/c1-14-7-2-3-10-17(14)15-8-6-9-16(13-15)18-11-4-5-12-19-18;18-15-8-7-13(11-16(15)19)12-4-3-5-14(10-12)17-6-1-2-9-20-17;18-15-9-14(10-16(19)11-15)12-4-3-5-13(8-12)17-6-1-2-7-20-17;18-16-9-2-1-8-15(16)13-6-5-7-14(12-13)17-10-3-4-11-19-17;1-2-7-14(8-3-1)15-9-6-10-16(13-15)17-11-4-5-12-18-17;;;;;/h2-8,10-13H,1H3;2*1-4,6-11H;1-6,8-12H;1-9,11-13H;;;;;/q5*-1;;;;;. The summed E-state index contributed by atoms with van der Waals surface area (Å²) in [5, 5.41) is 0. The summed E-state index contributed by atoms with van der Waals surface area (Å²) in [6.45, 7) is 2.13. The Hall–Kier alpha value is -9.15.